The summed E-state index contributed by atoms with van der Waals surface area (Å²) in [5.74, 6) is 1.01. The van der Waals surface area contributed by atoms with Gasteiger partial charge >= 0.3 is 0 Å². The molecular formula is C27H25N5O4S. The number of ether oxygens (including phenoxy) is 1. The molecule has 1 aromatic heterocycles. The molecule has 1 aliphatic heterocycles. The predicted molar refractivity (Wildman–Crippen MR) is 141 cm³/mol. The van der Waals surface area contributed by atoms with E-state index in [1.165, 1.54) is 17.8 Å². The maximum Gasteiger partial charge on any atom is 0.280 e. The lowest BCUT2D eigenvalue weighted by Crippen LogP contribution is -2.40. The van der Waals surface area contributed by atoms with Gasteiger partial charge in [-0.3, -0.25) is 19.5 Å². The summed E-state index contributed by atoms with van der Waals surface area (Å²) >= 11 is 1.48. The van der Waals surface area contributed by atoms with Crippen LogP contribution in [0.4, 0.5) is 5.69 Å². The molecule has 37 heavy (non-hydrogen) atoms. The van der Waals surface area contributed by atoms with Crippen LogP contribution in [0.25, 0.3) is 17.1 Å². The van der Waals surface area contributed by atoms with Gasteiger partial charge in [0.05, 0.1) is 23.7 Å². The molecule has 1 saturated heterocycles. The van der Waals surface area contributed by atoms with Gasteiger partial charge in [-0.2, -0.15) is 0 Å². The Morgan fingerprint density at radius 3 is 2.41 bits per heavy atom. The van der Waals surface area contributed by atoms with Crippen molar-refractivity contribution in [3.05, 3.63) is 99.6 Å². The van der Waals surface area contributed by atoms with Gasteiger partial charge in [-0.1, -0.05) is 53.7 Å². The number of aromatic nitrogens is 3. The van der Waals surface area contributed by atoms with E-state index in [4.69, 9.17) is 4.74 Å². The molecular weight excluding hydrogens is 490 g/mol. The van der Waals surface area contributed by atoms with E-state index in [1.54, 1.807) is 18.2 Å². The first-order valence-electron chi connectivity index (χ1n) is 11.9. The SMILES string of the molecule is Cc1ccc(-n2c(SCc3ccc(C(=O)N4CCOCC4)cc3)nnc2-c2ccccc2[N+](=O)[O-])cc1. The maximum atomic E-state index is 12.7. The maximum absolute atomic E-state index is 12.7. The molecule has 2 heterocycles. The number of para-hydroxylation sites is 1. The number of aryl methyl sites for hydroxylation is 1. The van der Waals surface area contributed by atoms with Crippen LogP contribution in [0.3, 0.4) is 0 Å². The summed E-state index contributed by atoms with van der Waals surface area (Å²) in [6, 6.07) is 22.0. The standard InChI is InChI=1S/C27H25N5O4S/c1-19-6-12-22(13-7-19)31-25(23-4-2-3-5-24(23)32(34)35)28-29-27(31)37-18-20-8-10-21(11-9-20)26(33)30-14-16-36-17-15-30/h2-13H,14-18H2,1H3. The summed E-state index contributed by atoms with van der Waals surface area (Å²) in [7, 11) is 0. The summed E-state index contributed by atoms with van der Waals surface area (Å²) < 4.78 is 7.18. The average molecular weight is 516 g/mol. The molecule has 4 aromatic rings. The van der Waals surface area contributed by atoms with Crippen molar-refractivity contribution < 1.29 is 14.5 Å². The minimum atomic E-state index is -0.407. The zero-order chi connectivity index (χ0) is 25.8. The van der Waals surface area contributed by atoms with Crippen molar-refractivity contribution in [2.24, 2.45) is 0 Å². The molecule has 1 amide bonds. The highest BCUT2D eigenvalue weighted by atomic mass is 32.2. The molecule has 9 nitrogen and oxygen atoms in total. The molecule has 0 saturated carbocycles. The molecule has 0 bridgehead atoms. The second kappa shape index (κ2) is 10.9. The molecule has 188 valence electrons. The van der Waals surface area contributed by atoms with Crippen molar-refractivity contribution in [3.8, 4) is 17.1 Å². The second-order valence-electron chi connectivity index (χ2n) is 8.64. The zero-order valence-electron chi connectivity index (χ0n) is 20.2. The highest BCUT2D eigenvalue weighted by Gasteiger charge is 2.23. The molecule has 0 aliphatic carbocycles. The highest BCUT2D eigenvalue weighted by molar-refractivity contribution is 7.98. The molecule has 0 spiro atoms. The van der Waals surface area contributed by atoms with Crippen LogP contribution in [0.2, 0.25) is 0 Å². The van der Waals surface area contributed by atoms with Gasteiger partial charge in [0.25, 0.3) is 11.6 Å². The van der Waals surface area contributed by atoms with Crippen LogP contribution < -0.4 is 0 Å². The molecule has 3 aromatic carbocycles. The molecule has 1 fully saturated rings. The van der Waals surface area contributed by atoms with E-state index in [2.05, 4.69) is 10.2 Å². The fourth-order valence-electron chi connectivity index (χ4n) is 4.13. The van der Waals surface area contributed by atoms with Gasteiger partial charge in [0.15, 0.2) is 11.0 Å². The number of hydrogen-bond donors (Lipinski definition) is 0. The lowest BCUT2D eigenvalue weighted by atomic mass is 10.1. The fourth-order valence-corrected chi connectivity index (χ4v) is 5.03. The number of rotatable bonds is 7. The average Bonchev–Trinajstić information content (AvgIpc) is 3.36. The van der Waals surface area contributed by atoms with Crippen LogP contribution in [-0.4, -0.2) is 56.8 Å². The van der Waals surface area contributed by atoms with Crippen molar-refractivity contribution in [1.29, 1.82) is 0 Å². The van der Waals surface area contributed by atoms with Crippen LogP contribution in [0, 0.1) is 17.0 Å². The first-order valence-corrected chi connectivity index (χ1v) is 12.8. The van der Waals surface area contributed by atoms with Crippen LogP contribution in [0.5, 0.6) is 0 Å². The van der Waals surface area contributed by atoms with E-state index >= 15 is 0 Å². The summed E-state index contributed by atoms with van der Waals surface area (Å²) in [5, 5.41) is 21.1. The smallest absolute Gasteiger partial charge is 0.280 e. The Morgan fingerprint density at radius 1 is 1.00 bits per heavy atom. The number of benzene rings is 3. The van der Waals surface area contributed by atoms with Crippen molar-refractivity contribution in [3.63, 3.8) is 0 Å². The van der Waals surface area contributed by atoms with Crippen LogP contribution in [0.1, 0.15) is 21.5 Å². The highest BCUT2D eigenvalue weighted by Crippen LogP contribution is 2.34. The normalized spacial score (nSPS) is 13.5. The number of morpholine rings is 1. The first kappa shape index (κ1) is 24.7. The van der Waals surface area contributed by atoms with E-state index in [0.29, 0.717) is 54.2 Å². The van der Waals surface area contributed by atoms with E-state index in [9.17, 15) is 14.9 Å². The van der Waals surface area contributed by atoms with Gasteiger partial charge in [-0.25, -0.2) is 0 Å². The van der Waals surface area contributed by atoms with Gasteiger partial charge in [0, 0.05) is 36.2 Å². The van der Waals surface area contributed by atoms with Gasteiger partial charge < -0.3 is 9.64 Å². The van der Waals surface area contributed by atoms with Gasteiger partial charge in [-0.15, -0.1) is 10.2 Å². The quantitative estimate of drug-likeness (QED) is 0.196. The Morgan fingerprint density at radius 2 is 1.70 bits per heavy atom. The molecule has 0 N–H and O–H groups in total. The molecule has 10 heteroatoms. The number of thioether (sulfide) groups is 1. The number of carbonyl (C=O) groups excluding carboxylic acids is 1. The van der Waals surface area contributed by atoms with Crippen molar-refractivity contribution in [2.45, 2.75) is 17.8 Å². The Kier molecular flexibility index (Phi) is 7.29. The minimum absolute atomic E-state index is 0.00992. The minimum Gasteiger partial charge on any atom is -0.378 e. The predicted octanol–water partition coefficient (Wildman–Crippen LogP) is 4.92. The molecule has 5 rings (SSSR count). The Hall–Kier alpha value is -4.02. The topological polar surface area (TPSA) is 103 Å². The van der Waals surface area contributed by atoms with Crippen molar-refractivity contribution >= 4 is 23.4 Å². The monoisotopic (exact) mass is 515 g/mol. The van der Waals surface area contributed by atoms with E-state index in [-0.39, 0.29) is 11.6 Å². The van der Waals surface area contributed by atoms with Crippen molar-refractivity contribution in [2.75, 3.05) is 26.3 Å². The van der Waals surface area contributed by atoms with Crippen molar-refractivity contribution in [1.82, 2.24) is 19.7 Å². The second-order valence-corrected chi connectivity index (χ2v) is 9.58. The summed E-state index contributed by atoms with van der Waals surface area (Å²) in [4.78, 5) is 25.8. The van der Waals surface area contributed by atoms with E-state index in [1.807, 2.05) is 64.9 Å². The summed E-state index contributed by atoms with van der Waals surface area (Å²) in [5.41, 5.74) is 3.97. The van der Waals surface area contributed by atoms with Gasteiger partial charge in [-0.05, 0) is 42.8 Å². The van der Waals surface area contributed by atoms with Gasteiger partial charge in [0.2, 0.25) is 0 Å². The number of nitrogens with zero attached hydrogens (tertiary/aromatic N) is 5. The van der Waals surface area contributed by atoms with Crippen LogP contribution >= 0.6 is 11.8 Å². The third-order valence-corrected chi connectivity index (χ3v) is 7.13. The Labute approximate surface area is 218 Å². The largest absolute Gasteiger partial charge is 0.378 e. The number of nitro benzene ring substituents is 1. The molecule has 0 atom stereocenters. The Bertz CT molecular complexity index is 1410. The van der Waals surface area contributed by atoms with Crippen LogP contribution in [-0.2, 0) is 10.5 Å². The number of carbonyl (C=O) groups is 1. The lowest BCUT2D eigenvalue weighted by molar-refractivity contribution is -0.384. The molecule has 0 unspecified atom stereocenters. The van der Waals surface area contributed by atoms with E-state index < -0.39 is 4.92 Å². The summed E-state index contributed by atoms with van der Waals surface area (Å²) in [6.07, 6.45) is 0. The number of nitro groups is 1. The molecule has 1 aliphatic rings. The summed E-state index contributed by atoms with van der Waals surface area (Å²) in [6.45, 7) is 4.34. The fraction of sp³-hybridized carbons (Fsp3) is 0.222. The van der Waals surface area contributed by atoms with Crippen LogP contribution in [0.15, 0.2) is 78.0 Å². The zero-order valence-corrected chi connectivity index (χ0v) is 21.1. The third-order valence-electron chi connectivity index (χ3n) is 6.13. The number of amides is 1. The third kappa shape index (κ3) is 5.40. The Balaban J connectivity index is 1.41. The molecule has 0 radical (unpaired) electrons. The van der Waals surface area contributed by atoms with Gasteiger partial charge in [0.1, 0.15) is 0 Å². The van der Waals surface area contributed by atoms with E-state index in [0.717, 1.165) is 16.8 Å². The first-order chi connectivity index (χ1) is 18.0. The lowest BCUT2D eigenvalue weighted by Gasteiger charge is -2.26. The number of hydrogen-bond acceptors (Lipinski definition) is 7.